The Balaban J connectivity index is 1.40. The molecule has 152 valence electrons. The molecule has 3 N–H and O–H groups in total. The van der Waals surface area contributed by atoms with Crippen LogP contribution in [0.4, 0.5) is 15.1 Å². The smallest absolute Gasteiger partial charge is 0.408 e. The molecule has 0 unspecified atom stereocenters. The van der Waals surface area contributed by atoms with Crippen molar-refractivity contribution in [2.75, 3.05) is 37.6 Å². The minimum Gasteiger partial charge on any atom is -0.408 e. The van der Waals surface area contributed by atoms with E-state index in [4.69, 9.17) is 10.5 Å². The van der Waals surface area contributed by atoms with Gasteiger partial charge in [-0.25, -0.2) is 14.2 Å². The highest BCUT2D eigenvalue weighted by Crippen LogP contribution is 2.26. The number of imidazole rings is 1. The number of anilines is 1. The summed E-state index contributed by atoms with van der Waals surface area (Å²) >= 11 is 0. The van der Waals surface area contributed by atoms with Gasteiger partial charge < -0.3 is 25.3 Å². The highest BCUT2D eigenvalue weighted by atomic mass is 19.1. The fourth-order valence-corrected chi connectivity index (χ4v) is 3.68. The number of carbonyl (C=O) groups excluding carboxylic acids is 1. The lowest BCUT2D eigenvalue weighted by Gasteiger charge is -2.21. The molecule has 0 atom stereocenters. The molecule has 2 heterocycles. The molecular formula is C21H24FN5O2. The van der Waals surface area contributed by atoms with Crippen LogP contribution in [0.1, 0.15) is 12.0 Å². The number of aromatic amines is 1. The Hall–Kier alpha value is -3.13. The Bertz CT molecular complexity index is 988. The van der Waals surface area contributed by atoms with Crippen molar-refractivity contribution in [1.29, 1.82) is 0 Å². The first-order valence-corrected chi connectivity index (χ1v) is 9.76. The first-order valence-electron chi connectivity index (χ1n) is 9.76. The first-order chi connectivity index (χ1) is 14.1. The second-order valence-electron chi connectivity index (χ2n) is 7.19. The summed E-state index contributed by atoms with van der Waals surface area (Å²) in [7, 11) is 0. The zero-order valence-electron chi connectivity index (χ0n) is 16.1. The lowest BCUT2D eigenvalue weighted by atomic mass is 10.1. The number of rotatable bonds is 5. The van der Waals surface area contributed by atoms with E-state index in [2.05, 4.69) is 19.8 Å². The largest absolute Gasteiger partial charge is 0.410 e. The van der Waals surface area contributed by atoms with E-state index >= 15 is 0 Å². The number of nitrogens with zero attached hydrogens (tertiary/aromatic N) is 3. The number of halogens is 1. The van der Waals surface area contributed by atoms with Crippen LogP contribution < -0.4 is 15.4 Å². The molecule has 4 rings (SSSR count). The molecule has 0 aliphatic carbocycles. The highest BCUT2D eigenvalue weighted by Gasteiger charge is 2.19. The molecule has 7 nitrogen and oxygen atoms in total. The van der Waals surface area contributed by atoms with Crippen molar-refractivity contribution in [3.8, 4) is 5.75 Å². The maximum Gasteiger partial charge on any atom is 0.410 e. The van der Waals surface area contributed by atoms with Crippen molar-refractivity contribution in [3.05, 3.63) is 53.8 Å². The van der Waals surface area contributed by atoms with Crippen LogP contribution in [0.2, 0.25) is 0 Å². The van der Waals surface area contributed by atoms with Crippen LogP contribution in [0.25, 0.3) is 11.0 Å². The van der Waals surface area contributed by atoms with Crippen molar-refractivity contribution < 1.29 is 13.9 Å². The van der Waals surface area contributed by atoms with Gasteiger partial charge in [0.05, 0.1) is 5.52 Å². The fraction of sp³-hybridized carbons (Fsp3) is 0.333. The number of nitrogens with two attached hydrogens (primary N) is 1. The van der Waals surface area contributed by atoms with Crippen LogP contribution in [0.15, 0.2) is 42.5 Å². The standard InChI is InChI=1S/C21H24FN5O2/c22-16-7-5-15(6-8-16)9-12-26-10-2-11-27(14-13-26)21-24-17-3-1-4-18(19(17)25-21)29-20(23)28/h1,3-8H,2,9-14H2,(H2,23,28)(H,24,25). The fourth-order valence-electron chi connectivity index (χ4n) is 3.68. The molecular weight excluding hydrogens is 373 g/mol. The van der Waals surface area contributed by atoms with Crippen LogP contribution >= 0.6 is 0 Å². The molecule has 8 heteroatoms. The summed E-state index contributed by atoms with van der Waals surface area (Å²) < 4.78 is 18.1. The number of amides is 1. The third kappa shape index (κ3) is 4.65. The zero-order valence-corrected chi connectivity index (χ0v) is 16.1. The summed E-state index contributed by atoms with van der Waals surface area (Å²) in [5.74, 6) is 0.920. The van der Waals surface area contributed by atoms with Crippen LogP contribution in [0.5, 0.6) is 5.75 Å². The summed E-state index contributed by atoms with van der Waals surface area (Å²) in [5, 5.41) is 0. The summed E-state index contributed by atoms with van der Waals surface area (Å²) in [5.41, 5.74) is 7.69. The first kappa shape index (κ1) is 19.2. The minimum absolute atomic E-state index is 0.200. The third-order valence-electron chi connectivity index (χ3n) is 5.19. The molecule has 1 amide bonds. The Kier molecular flexibility index (Phi) is 5.62. The van der Waals surface area contributed by atoms with E-state index in [1.54, 1.807) is 12.1 Å². The predicted molar refractivity (Wildman–Crippen MR) is 110 cm³/mol. The van der Waals surface area contributed by atoms with Crippen molar-refractivity contribution in [3.63, 3.8) is 0 Å². The van der Waals surface area contributed by atoms with Crippen LogP contribution in [-0.4, -0.2) is 53.7 Å². The van der Waals surface area contributed by atoms with Crippen molar-refractivity contribution in [1.82, 2.24) is 14.9 Å². The molecule has 1 saturated heterocycles. The van der Waals surface area contributed by atoms with Gasteiger partial charge in [0.15, 0.2) is 5.75 Å². The van der Waals surface area contributed by atoms with E-state index < -0.39 is 6.09 Å². The maximum absolute atomic E-state index is 13.0. The van der Waals surface area contributed by atoms with Gasteiger partial charge in [0.25, 0.3) is 0 Å². The predicted octanol–water partition coefficient (Wildman–Crippen LogP) is 2.91. The molecule has 0 radical (unpaired) electrons. The molecule has 1 aliphatic rings. The van der Waals surface area contributed by atoms with Crippen LogP contribution in [-0.2, 0) is 6.42 Å². The van der Waals surface area contributed by atoms with Gasteiger partial charge in [-0.05, 0) is 49.2 Å². The molecule has 1 fully saturated rings. The molecule has 0 spiro atoms. The van der Waals surface area contributed by atoms with Gasteiger partial charge in [-0.2, -0.15) is 0 Å². The monoisotopic (exact) mass is 397 g/mol. The lowest BCUT2D eigenvalue weighted by molar-refractivity contribution is 0.211. The van der Waals surface area contributed by atoms with E-state index in [1.807, 2.05) is 18.2 Å². The number of fused-ring (bicyclic) bond motifs is 1. The lowest BCUT2D eigenvalue weighted by Crippen LogP contribution is -2.32. The number of para-hydroxylation sites is 1. The van der Waals surface area contributed by atoms with E-state index in [0.29, 0.717) is 11.3 Å². The van der Waals surface area contributed by atoms with E-state index in [-0.39, 0.29) is 5.82 Å². The molecule has 0 saturated carbocycles. The van der Waals surface area contributed by atoms with Crippen molar-refractivity contribution in [2.24, 2.45) is 5.73 Å². The van der Waals surface area contributed by atoms with Crippen LogP contribution in [0.3, 0.4) is 0 Å². The van der Waals surface area contributed by atoms with E-state index in [9.17, 15) is 9.18 Å². The minimum atomic E-state index is -0.853. The number of aromatic nitrogens is 2. The number of benzene rings is 2. The van der Waals surface area contributed by atoms with Gasteiger partial charge in [-0.1, -0.05) is 18.2 Å². The molecule has 3 aromatic rings. The molecule has 0 bridgehead atoms. The number of hydrogen-bond donors (Lipinski definition) is 2. The summed E-state index contributed by atoms with van der Waals surface area (Å²) in [6.45, 7) is 4.60. The quantitative estimate of drug-likeness (QED) is 0.691. The number of H-pyrrole nitrogens is 1. The normalized spacial score (nSPS) is 15.4. The van der Waals surface area contributed by atoms with Crippen LogP contribution in [0, 0.1) is 5.82 Å². The second-order valence-corrected chi connectivity index (χ2v) is 7.19. The van der Waals surface area contributed by atoms with Gasteiger partial charge >= 0.3 is 6.09 Å². The number of carbonyl (C=O) groups is 1. The Morgan fingerprint density at radius 2 is 1.97 bits per heavy atom. The number of primary amides is 1. The number of hydrogen-bond acceptors (Lipinski definition) is 5. The van der Waals surface area contributed by atoms with Gasteiger partial charge in [-0.3, -0.25) is 0 Å². The molecule has 1 aliphatic heterocycles. The zero-order chi connectivity index (χ0) is 20.2. The average Bonchev–Trinajstić information content (AvgIpc) is 3.00. The van der Waals surface area contributed by atoms with Crippen molar-refractivity contribution >= 4 is 23.1 Å². The Morgan fingerprint density at radius 3 is 2.76 bits per heavy atom. The van der Waals surface area contributed by atoms with E-state index in [0.717, 1.165) is 62.6 Å². The summed E-state index contributed by atoms with van der Waals surface area (Å²) in [4.78, 5) is 23.7. The van der Waals surface area contributed by atoms with Gasteiger partial charge in [0, 0.05) is 26.2 Å². The van der Waals surface area contributed by atoms with Crippen molar-refractivity contribution in [2.45, 2.75) is 12.8 Å². The van der Waals surface area contributed by atoms with Gasteiger partial charge in [0.2, 0.25) is 5.95 Å². The molecule has 29 heavy (non-hydrogen) atoms. The summed E-state index contributed by atoms with van der Waals surface area (Å²) in [6, 6.07) is 12.1. The Morgan fingerprint density at radius 1 is 1.14 bits per heavy atom. The average molecular weight is 397 g/mol. The second kappa shape index (κ2) is 8.48. The SMILES string of the molecule is NC(=O)Oc1cccc2[nH]c(N3CCCN(CCc4ccc(F)cc4)CC3)nc12. The third-order valence-corrected chi connectivity index (χ3v) is 5.19. The summed E-state index contributed by atoms with van der Waals surface area (Å²) in [6.07, 6.45) is 1.07. The molecule has 1 aromatic heterocycles. The number of ether oxygens (including phenoxy) is 1. The number of nitrogens with one attached hydrogen (secondary N) is 1. The van der Waals surface area contributed by atoms with Gasteiger partial charge in [0.1, 0.15) is 11.3 Å². The maximum atomic E-state index is 13.0. The van der Waals surface area contributed by atoms with E-state index in [1.165, 1.54) is 12.1 Å². The Labute approximate surface area is 168 Å². The topological polar surface area (TPSA) is 87.5 Å². The van der Waals surface area contributed by atoms with Gasteiger partial charge in [-0.15, -0.1) is 0 Å². The molecule has 2 aromatic carbocycles. The highest BCUT2D eigenvalue weighted by molar-refractivity contribution is 5.86.